The minimum Gasteiger partial charge on any atom is -0.340 e. The molecule has 3 heterocycles. The van der Waals surface area contributed by atoms with Gasteiger partial charge in [-0.2, -0.15) is 0 Å². The summed E-state index contributed by atoms with van der Waals surface area (Å²) in [5, 5.41) is 0. The second-order valence-corrected chi connectivity index (χ2v) is 8.18. The highest BCUT2D eigenvalue weighted by Gasteiger charge is 2.35. The number of fused-ring (bicyclic) bond motifs is 1. The van der Waals surface area contributed by atoms with Crippen LogP contribution >= 0.6 is 0 Å². The Morgan fingerprint density at radius 1 is 1.32 bits per heavy atom. The van der Waals surface area contributed by atoms with Gasteiger partial charge in [0.1, 0.15) is 0 Å². The predicted molar refractivity (Wildman–Crippen MR) is 108 cm³/mol. The van der Waals surface area contributed by atoms with Crippen LogP contribution in [0.2, 0.25) is 0 Å². The maximum Gasteiger partial charge on any atom is 0.254 e. The number of carbonyl (C=O) groups excluding carboxylic acids is 2. The quantitative estimate of drug-likeness (QED) is 0.767. The second kappa shape index (κ2) is 8.19. The van der Waals surface area contributed by atoms with E-state index in [1.54, 1.807) is 4.90 Å². The summed E-state index contributed by atoms with van der Waals surface area (Å²) >= 11 is 0. The number of hydrogen-bond donors (Lipinski definition) is 2. The smallest absolute Gasteiger partial charge is 0.254 e. The molecule has 7 nitrogen and oxygen atoms in total. The van der Waals surface area contributed by atoms with E-state index in [1.807, 2.05) is 30.1 Å². The Labute approximate surface area is 167 Å². The molecule has 152 valence electrons. The minimum atomic E-state index is -0.00347. The lowest BCUT2D eigenvalue weighted by Gasteiger charge is -2.27. The van der Waals surface area contributed by atoms with Crippen molar-refractivity contribution in [2.24, 2.45) is 0 Å². The van der Waals surface area contributed by atoms with Crippen LogP contribution in [0.1, 0.15) is 52.5 Å². The van der Waals surface area contributed by atoms with Gasteiger partial charge in [-0.15, -0.1) is 0 Å². The van der Waals surface area contributed by atoms with Gasteiger partial charge in [-0.05, 0) is 50.0 Å². The molecule has 0 saturated carbocycles. The van der Waals surface area contributed by atoms with E-state index in [-0.39, 0.29) is 17.9 Å². The fraction of sp³-hybridized carbons (Fsp3) is 0.619. The summed E-state index contributed by atoms with van der Waals surface area (Å²) in [5.74, 6) is 0.0631. The zero-order chi connectivity index (χ0) is 19.7. The predicted octanol–water partition coefficient (Wildman–Crippen LogP) is 1.07. The van der Waals surface area contributed by atoms with Gasteiger partial charge >= 0.3 is 0 Å². The zero-order valence-corrected chi connectivity index (χ0v) is 16.9. The molecule has 4 rings (SSSR count). The normalized spacial score (nSPS) is 24.8. The molecule has 2 atom stereocenters. The van der Waals surface area contributed by atoms with Crippen LogP contribution < -0.4 is 10.9 Å². The number of carbonyl (C=O) groups is 2. The van der Waals surface area contributed by atoms with Crippen LogP contribution in [0.25, 0.3) is 0 Å². The average molecular weight is 386 g/mol. The van der Waals surface area contributed by atoms with Crippen molar-refractivity contribution < 1.29 is 9.59 Å². The third kappa shape index (κ3) is 3.66. The molecule has 2 amide bonds. The Hall–Kier alpha value is -1.96. The molecule has 0 spiro atoms. The first-order valence-corrected chi connectivity index (χ1v) is 10.5. The van der Waals surface area contributed by atoms with E-state index < -0.39 is 0 Å². The summed E-state index contributed by atoms with van der Waals surface area (Å²) in [4.78, 5) is 32.2. The molecule has 0 bridgehead atoms. The molecule has 3 aliphatic rings. The van der Waals surface area contributed by atoms with Gasteiger partial charge in [-0.1, -0.05) is 13.0 Å². The van der Waals surface area contributed by atoms with E-state index in [1.165, 1.54) is 6.42 Å². The van der Waals surface area contributed by atoms with Gasteiger partial charge in [0, 0.05) is 56.4 Å². The summed E-state index contributed by atoms with van der Waals surface area (Å²) in [6, 6.07) is 6.27. The van der Waals surface area contributed by atoms with E-state index in [9.17, 15) is 9.59 Å². The number of nitrogens with one attached hydrogen (secondary N) is 2. The second-order valence-electron chi connectivity index (χ2n) is 8.18. The van der Waals surface area contributed by atoms with Crippen LogP contribution in [0.3, 0.4) is 0 Å². The number of likely N-dealkylation sites (N-methyl/N-ethyl adjacent to an activating group) is 2. The fourth-order valence-electron chi connectivity index (χ4n) is 4.80. The molecule has 1 aromatic rings. The summed E-state index contributed by atoms with van der Waals surface area (Å²) in [6.45, 7) is 7.20. The molecule has 1 aromatic carbocycles. The van der Waals surface area contributed by atoms with Crippen LogP contribution in [-0.2, 0) is 6.54 Å². The minimum absolute atomic E-state index is 0.00347. The molecular formula is C21H31N5O2. The van der Waals surface area contributed by atoms with Gasteiger partial charge in [-0.25, -0.2) is 0 Å². The molecule has 3 aliphatic heterocycles. The highest BCUT2D eigenvalue weighted by molar-refractivity contribution is 6.04. The van der Waals surface area contributed by atoms with E-state index in [2.05, 4.69) is 22.7 Å². The topological polar surface area (TPSA) is 67.9 Å². The van der Waals surface area contributed by atoms with Crippen molar-refractivity contribution in [1.29, 1.82) is 0 Å². The monoisotopic (exact) mass is 385 g/mol. The van der Waals surface area contributed by atoms with Crippen molar-refractivity contribution in [3.05, 3.63) is 34.9 Å². The molecule has 2 saturated heterocycles. The lowest BCUT2D eigenvalue weighted by atomic mass is 10.0. The van der Waals surface area contributed by atoms with Crippen molar-refractivity contribution in [2.75, 3.05) is 39.8 Å². The van der Waals surface area contributed by atoms with E-state index in [4.69, 9.17) is 0 Å². The summed E-state index contributed by atoms with van der Waals surface area (Å²) in [7, 11) is 1.84. The lowest BCUT2D eigenvalue weighted by molar-refractivity contribution is 0.0726. The Morgan fingerprint density at radius 2 is 2.18 bits per heavy atom. The number of benzene rings is 1. The number of likely N-dealkylation sites (tertiary alicyclic amines) is 1. The maximum absolute atomic E-state index is 13.1. The van der Waals surface area contributed by atoms with Crippen LogP contribution in [-0.4, -0.2) is 78.4 Å². The first-order valence-electron chi connectivity index (χ1n) is 10.5. The molecule has 7 heteroatoms. The molecule has 0 aromatic heterocycles. The van der Waals surface area contributed by atoms with Crippen LogP contribution in [0, 0.1) is 0 Å². The third-order valence-corrected chi connectivity index (χ3v) is 6.37. The first kappa shape index (κ1) is 19.4. The highest BCUT2D eigenvalue weighted by Crippen LogP contribution is 2.29. The number of amides is 2. The summed E-state index contributed by atoms with van der Waals surface area (Å²) in [6.07, 6.45) is 3.35. The number of hydrazine groups is 1. The molecular weight excluding hydrogens is 354 g/mol. The standard InChI is InChI=1S/C21H31N5O2/c1-3-25-11-5-6-16(25)13-26-14-19-17(7-4-8-18(19)21(26)28)20(27)24(2)12-15-9-10-22-23-15/h4,7-8,15-16,22-23H,3,5-6,9-14H2,1-2H3. The highest BCUT2D eigenvalue weighted by atomic mass is 16.2. The number of rotatable bonds is 6. The number of hydrogen-bond acceptors (Lipinski definition) is 5. The Morgan fingerprint density at radius 3 is 2.93 bits per heavy atom. The van der Waals surface area contributed by atoms with E-state index in [0.29, 0.717) is 30.3 Å². The van der Waals surface area contributed by atoms with Crippen LogP contribution in [0.4, 0.5) is 0 Å². The zero-order valence-electron chi connectivity index (χ0n) is 16.9. The summed E-state index contributed by atoms with van der Waals surface area (Å²) < 4.78 is 0. The van der Waals surface area contributed by atoms with Crippen molar-refractivity contribution in [1.82, 2.24) is 25.6 Å². The average Bonchev–Trinajstić information content (AvgIpc) is 3.43. The van der Waals surface area contributed by atoms with Crippen LogP contribution in [0.15, 0.2) is 18.2 Å². The lowest BCUT2D eigenvalue weighted by Crippen LogP contribution is -2.41. The van der Waals surface area contributed by atoms with E-state index >= 15 is 0 Å². The number of nitrogens with zero attached hydrogens (tertiary/aromatic N) is 3. The van der Waals surface area contributed by atoms with Crippen molar-refractivity contribution in [2.45, 2.75) is 44.8 Å². The molecule has 0 aliphatic carbocycles. The summed E-state index contributed by atoms with van der Waals surface area (Å²) in [5.41, 5.74) is 8.56. The van der Waals surface area contributed by atoms with Gasteiger partial charge in [-0.3, -0.25) is 25.3 Å². The SMILES string of the molecule is CCN1CCCC1CN1Cc2c(C(=O)N(C)CC3CCNN3)cccc2C1=O. The molecule has 0 radical (unpaired) electrons. The molecule has 2 fully saturated rings. The largest absolute Gasteiger partial charge is 0.340 e. The molecule has 2 N–H and O–H groups in total. The van der Waals surface area contributed by atoms with Gasteiger partial charge in [0.15, 0.2) is 0 Å². The van der Waals surface area contributed by atoms with Crippen molar-refractivity contribution in [3.63, 3.8) is 0 Å². The first-order chi connectivity index (χ1) is 13.6. The Balaban J connectivity index is 1.48. The Bertz CT molecular complexity index is 746. The fourth-order valence-corrected chi connectivity index (χ4v) is 4.80. The van der Waals surface area contributed by atoms with Gasteiger partial charge in [0.25, 0.3) is 11.8 Å². The third-order valence-electron chi connectivity index (χ3n) is 6.37. The van der Waals surface area contributed by atoms with Gasteiger partial charge in [0.2, 0.25) is 0 Å². The van der Waals surface area contributed by atoms with Gasteiger partial charge in [0.05, 0.1) is 0 Å². The Kier molecular flexibility index (Phi) is 5.66. The molecule has 2 unspecified atom stereocenters. The molecule has 28 heavy (non-hydrogen) atoms. The van der Waals surface area contributed by atoms with E-state index in [0.717, 1.165) is 44.6 Å². The van der Waals surface area contributed by atoms with Crippen LogP contribution in [0.5, 0.6) is 0 Å². The van der Waals surface area contributed by atoms with Crippen molar-refractivity contribution in [3.8, 4) is 0 Å². The van der Waals surface area contributed by atoms with Crippen molar-refractivity contribution >= 4 is 11.8 Å². The maximum atomic E-state index is 13.1. The van der Waals surface area contributed by atoms with Gasteiger partial charge < -0.3 is 9.80 Å².